The molecule has 3 aromatic carbocycles. The molecule has 41 heavy (non-hydrogen) atoms. The largest absolute Gasteiger partial charge is 0.612 e. The second-order valence-electron chi connectivity index (χ2n) is 9.13. The molecule has 4 N–H and O–H groups in total. The Bertz CT molecular complexity index is 1560. The van der Waals surface area contributed by atoms with Crippen molar-refractivity contribution in [3.05, 3.63) is 90.3 Å². The number of halogens is 5. The number of rotatable bonds is 8. The van der Waals surface area contributed by atoms with Gasteiger partial charge in [0.05, 0.1) is 17.1 Å². The fraction of sp³-hybridized carbons (Fsp3) is 0.179. The van der Waals surface area contributed by atoms with E-state index in [1.165, 1.54) is 41.1 Å². The highest BCUT2D eigenvalue weighted by Gasteiger charge is 2.31. The van der Waals surface area contributed by atoms with Crippen LogP contribution in [0.2, 0.25) is 0 Å². The Labute approximate surface area is 236 Å². The smallest absolute Gasteiger partial charge is 0.573 e. The Kier molecular flexibility index (Phi) is 8.34. The Morgan fingerprint density at radius 2 is 1.66 bits per heavy atom. The highest BCUT2D eigenvalue weighted by Crippen LogP contribution is 2.39. The number of hydrogen-bond donors (Lipinski definition) is 2. The van der Waals surface area contributed by atoms with Gasteiger partial charge >= 0.3 is 6.36 Å². The van der Waals surface area contributed by atoms with Crippen molar-refractivity contribution >= 4 is 22.6 Å². The minimum atomic E-state index is -4.86. The highest BCUT2D eigenvalue weighted by atomic mass is 32.2. The summed E-state index contributed by atoms with van der Waals surface area (Å²) in [6.45, 7) is 0.741. The summed E-state index contributed by atoms with van der Waals surface area (Å²) in [6, 6.07) is 18.4. The van der Waals surface area contributed by atoms with Crippen molar-refractivity contribution < 1.29 is 31.2 Å². The predicted octanol–water partition coefficient (Wildman–Crippen LogP) is 6.14. The summed E-state index contributed by atoms with van der Waals surface area (Å²) in [4.78, 5) is 0.600. The number of aromatic nitrogens is 2. The van der Waals surface area contributed by atoms with Crippen LogP contribution in [-0.2, 0) is 24.1 Å². The first-order chi connectivity index (χ1) is 19.2. The average Bonchev–Trinajstić information content (AvgIpc) is 3.31. The van der Waals surface area contributed by atoms with Crippen LogP contribution in [0.1, 0.15) is 18.2 Å². The molecule has 13 heteroatoms. The second-order valence-corrected chi connectivity index (χ2v) is 10.5. The Hall–Kier alpha value is -4.07. The van der Waals surface area contributed by atoms with Crippen molar-refractivity contribution in [3.63, 3.8) is 0 Å². The van der Waals surface area contributed by atoms with Gasteiger partial charge in [0.25, 0.3) is 5.92 Å². The molecule has 0 spiro atoms. The first-order valence-electron chi connectivity index (χ1n) is 12.0. The normalized spacial score (nSPS) is 13.3. The summed E-state index contributed by atoms with van der Waals surface area (Å²) in [7, 11) is 1.52. The van der Waals surface area contributed by atoms with E-state index >= 15 is 0 Å². The van der Waals surface area contributed by atoms with Crippen LogP contribution < -0.4 is 21.3 Å². The fourth-order valence-corrected chi connectivity index (χ4v) is 4.75. The van der Waals surface area contributed by atoms with Crippen molar-refractivity contribution in [1.82, 2.24) is 9.78 Å². The number of aryl methyl sites for hydroxylation is 1. The van der Waals surface area contributed by atoms with Gasteiger partial charge in [-0.15, -0.1) is 13.2 Å². The maximum Gasteiger partial charge on any atom is 0.573 e. The van der Waals surface area contributed by atoms with E-state index in [2.05, 4.69) is 9.84 Å². The van der Waals surface area contributed by atoms with Gasteiger partial charge in [-0.25, -0.2) is 5.84 Å². The number of anilines is 1. The monoisotopic (exact) mass is 591 g/mol. The van der Waals surface area contributed by atoms with E-state index in [0.29, 0.717) is 33.0 Å². The van der Waals surface area contributed by atoms with Crippen LogP contribution in [0.15, 0.2) is 83.9 Å². The minimum absolute atomic E-state index is 0.202. The third-order valence-corrected chi connectivity index (χ3v) is 7.08. The molecule has 0 radical (unpaired) electrons. The summed E-state index contributed by atoms with van der Waals surface area (Å²) >= 11 is -1.24. The Morgan fingerprint density at radius 3 is 2.22 bits per heavy atom. The minimum Gasteiger partial charge on any atom is -0.612 e. The second kappa shape index (κ2) is 11.4. The van der Waals surface area contributed by atoms with Gasteiger partial charge in [0.15, 0.2) is 4.90 Å². The number of alkyl halides is 5. The van der Waals surface area contributed by atoms with Crippen LogP contribution in [0.5, 0.6) is 5.75 Å². The van der Waals surface area contributed by atoms with Crippen LogP contribution in [0.3, 0.4) is 0 Å². The lowest BCUT2D eigenvalue weighted by molar-refractivity contribution is -0.274. The zero-order chi connectivity index (χ0) is 30.1. The van der Waals surface area contributed by atoms with Crippen molar-refractivity contribution in [2.24, 2.45) is 18.6 Å². The lowest BCUT2D eigenvalue weighted by Gasteiger charge is -2.25. The quantitative estimate of drug-likeness (QED) is 0.110. The van der Waals surface area contributed by atoms with Crippen molar-refractivity contribution in [1.29, 1.82) is 0 Å². The first-order valence-corrected chi connectivity index (χ1v) is 13.6. The number of nitrogens with two attached hydrogens (primary N) is 2. The van der Waals surface area contributed by atoms with E-state index in [1.807, 2.05) is 6.07 Å². The van der Waals surface area contributed by atoms with E-state index in [9.17, 15) is 26.5 Å². The van der Waals surface area contributed by atoms with Crippen LogP contribution in [0, 0.1) is 0 Å². The van der Waals surface area contributed by atoms with E-state index in [-0.39, 0.29) is 5.70 Å². The molecule has 4 rings (SSSR count). The summed E-state index contributed by atoms with van der Waals surface area (Å²) in [5.41, 5.74) is 8.50. The van der Waals surface area contributed by atoms with Crippen LogP contribution >= 0.6 is 0 Å². The standard InChI is InChI=1S/C28H26F5N5O2S/c1-27(29,30)26-15-23(37(2)36-26)22-12-9-19(18-5-4-6-21(13-18)41(3)39)14-24(22)38(35)25(16-34)17-7-10-20(11-8-17)40-28(31,32)33/h4-16H,34-35H2,1-3H3/b25-16-. The summed E-state index contributed by atoms with van der Waals surface area (Å²) < 4.78 is 83.4. The molecule has 0 bridgehead atoms. The lowest BCUT2D eigenvalue weighted by Crippen LogP contribution is -2.30. The molecule has 0 amide bonds. The number of hydrazine groups is 1. The molecule has 0 saturated heterocycles. The lowest BCUT2D eigenvalue weighted by atomic mass is 9.99. The average molecular weight is 592 g/mol. The molecule has 7 nitrogen and oxygen atoms in total. The van der Waals surface area contributed by atoms with E-state index in [4.69, 9.17) is 11.6 Å². The highest BCUT2D eigenvalue weighted by molar-refractivity contribution is 7.90. The van der Waals surface area contributed by atoms with E-state index in [0.717, 1.165) is 24.6 Å². The number of ether oxygens (including phenoxy) is 1. The maximum absolute atomic E-state index is 14.1. The molecule has 0 fully saturated rings. The van der Waals surface area contributed by atoms with Crippen molar-refractivity contribution in [3.8, 4) is 28.1 Å². The topological polar surface area (TPSA) is 105 Å². The van der Waals surface area contributed by atoms with Gasteiger partial charge < -0.3 is 15.0 Å². The van der Waals surface area contributed by atoms with Crippen molar-refractivity contribution in [2.75, 3.05) is 11.3 Å². The fourth-order valence-electron chi connectivity index (χ4n) is 4.19. The number of nitrogens with zero attached hydrogens (tertiary/aromatic N) is 3. The SMILES string of the molecule is Cn1nc(C(C)(F)F)cc1-c1ccc(-c2cccc([S+](C)[O-])c2)cc1N(N)/C(=C\N)c1ccc(OC(F)(F)F)cc1. The van der Waals surface area contributed by atoms with Gasteiger partial charge in [-0.3, -0.25) is 9.69 Å². The van der Waals surface area contributed by atoms with Gasteiger partial charge in [-0.2, -0.15) is 13.9 Å². The number of hydrogen-bond acceptors (Lipinski definition) is 6. The molecule has 0 aliphatic rings. The van der Waals surface area contributed by atoms with E-state index < -0.39 is 34.9 Å². The van der Waals surface area contributed by atoms with Crippen LogP contribution in [0.25, 0.3) is 28.1 Å². The molecular formula is C28H26F5N5O2S. The van der Waals surface area contributed by atoms with Crippen LogP contribution in [0.4, 0.5) is 27.6 Å². The third kappa shape index (κ3) is 6.81. The van der Waals surface area contributed by atoms with E-state index in [1.54, 1.807) is 42.7 Å². The Balaban J connectivity index is 1.84. The molecule has 4 aromatic rings. The predicted molar refractivity (Wildman–Crippen MR) is 148 cm³/mol. The van der Waals surface area contributed by atoms with Gasteiger partial charge in [0.2, 0.25) is 0 Å². The van der Waals surface area contributed by atoms with Gasteiger partial charge in [0.1, 0.15) is 17.7 Å². The summed E-state index contributed by atoms with van der Waals surface area (Å²) in [5.74, 6) is 2.95. The number of benzene rings is 3. The molecule has 0 aliphatic carbocycles. The zero-order valence-corrected chi connectivity index (χ0v) is 22.9. The first kappa shape index (κ1) is 29.9. The summed E-state index contributed by atoms with van der Waals surface area (Å²) in [5, 5.41) is 5.17. The zero-order valence-electron chi connectivity index (χ0n) is 22.1. The maximum atomic E-state index is 14.1. The molecule has 0 aliphatic heterocycles. The third-order valence-electron chi connectivity index (χ3n) is 6.16. The molecule has 0 saturated carbocycles. The molecule has 1 heterocycles. The van der Waals surface area contributed by atoms with Gasteiger partial charge in [-0.1, -0.05) is 24.3 Å². The molecule has 216 valence electrons. The molecule has 1 atom stereocenters. The molecule has 1 aromatic heterocycles. The van der Waals surface area contributed by atoms with Gasteiger partial charge in [0, 0.05) is 37.4 Å². The van der Waals surface area contributed by atoms with Crippen molar-refractivity contribution in [2.45, 2.75) is 24.1 Å². The van der Waals surface area contributed by atoms with Gasteiger partial charge in [-0.05, 0) is 64.8 Å². The summed E-state index contributed by atoms with van der Waals surface area (Å²) in [6.07, 6.45) is -2.13. The molecular weight excluding hydrogens is 565 g/mol. The molecule has 1 unspecified atom stereocenters. The Morgan fingerprint density at radius 1 is 1.00 bits per heavy atom. The van der Waals surface area contributed by atoms with Crippen LogP contribution in [-0.4, -0.2) is 27.0 Å².